The average Bonchev–Trinajstić information content (AvgIpc) is 2.94. The summed E-state index contributed by atoms with van der Waals surface area (Å²) in [6.45, 7) is 6.76. The highest BCUT2D eigenvalue weighted by atomic mass is 16.2. The number of carbonyl (C=O) groups is 1. The molecule has 4 nitrogen and oxygen atoms in total. The number of carbonyl (C=O) groups excluding carboxylic acids is 1. The molecule has 0 saturated heterocycles. The number of benzene rings is 1. The summed E-state index contributed by atoms with van der Waals surface area (Å²) < 4.78 is 1.94. The SMILES string of the molecule is CCCc1nc2ccc(C)cn2c1C(=O)N(CC)c1ccccc1. The molecule has 4 heteroatoms. The van der Waals surface area contributed by atoms with Crippen molar-refractivity contribution in [1.82, 2.24) is 9.38 Å². The highest BCUT2D eigenvalue weighted by molar-refractivity contribution is 6.06. The molecule has 124 valence electrons. The molecule has 0 radical (unpaired) electrons. The monoisotopic (exact) mass is 321 g/mol. The third kappa shape index (κ3) is 2.92. The molecule has 0 unspecified atom stereocenters. The molecule has 3 rings (SSSR count). The number of aromatic nitrogens is 2. The van der Waals surface area contributed by atoms with Gasteiger partial charge in [-0.25, -0.2) is 4.98 Å². The summed E-state index contributed by atoms with van der Waals surface area (Å²) in [6.07, 6.45) is 3.75. The van der Waals surface area contributed by atoms with E-state index in [9.17, 15) is 4.79 Å². The predicted molar refractivity (Wildman–Crippen MR) is 97.7 cm³/mol. The highest BCUT2D eigenvalue weighted by Crippen LogP contribution is 2.21. The molecule has 0 aliphatic heterocycles. The van der Waals surface area contributed by atoms with E-state index >= 15 is 0 Å². The summed E-state index contributed by atoms with van der Waals surface area (Å²) >= 11 is 0. The van der Waals surface area contributed by atoms with E-state index in [1.54, 1.807) is 0 Å². The fourth-order valence-corrected chi connectivity index (χ4v) is 3.02. The molecule has 0 N–H and O–H groups in total. The first-order chi connectivity index (χ1) is 11.7. The van der Waals surface area contributed by atoms with Crippen LogP contribution >= 0.6 is 0 Å². The minimum absolute atomic E-state index is 0.00486. The minimum Gasteiger partial charge on any atom is -0.307 e. The third-order valence-electron chi connectivity index (χ3n) is 4.16. The molecule has 3 aromatic rings. The zero-order valence-corrected chi connectivity index (χ0v) is 14.5. The number of fused-ring (bicyclic) bond motifs is 1. The van der Waals surface area contributed by atoms with Crippen molar-refractivity contribution in [3.05, 3.63) is 65.6 Å². The van der Waals surface area contributed by atoms with Gasteiger partial charge >= 0.3 is 0 Å². The molecule has 1 aromatic carbocycles. The first-order valence-corrected chi connectivity index (χ1v) is 8.50. The fourth-order valence-electron chi connectivity index (χ4n) is 3.02. The van der Waals surface area contributed by atoms with Crippen LogP contribution < -0.4 is 4.90 Å². The molecule has 2 heterocycles. The number of anilines is 1. The van der Waals surface area contributed by atoms with Crippen LogP contribution in [0.4, 0.5) is 5.69 Å². The van der Waals surface area contributed by atoms with E-state index in [1.165, 1.54) is 0 Å². The van der Waals surface area contributed by atoms with Crippen LogP contribution in [0.3, 0.4) is 0 Å². The van der Waals surface area contributed by atoms with Gasteiger partial charge in [-0.05, 0) is 44.0 Å². The minimum atomic E-state index is 0.00486. The quantitative estimate of drug-likeness (QED) is 0.704. The summed E-state index contributed by atoms with van der Waals surface area (Å²) in [4.78, 5) is 19.8. The number of rotatable bonds is 5. The number of amides is 1. The standard InChI is InChI=1S/C20H23N3O/c1-4-9-17-19(23-14-15(3)12-13-18(23)21-17)20(24)22(5-2)16-10-7-6-8-11-16/h6-8,10-14H,4-5,9H2,1-3H3. The molecule has 0 spiro atoms. The van der Waals surface area contributed by atoms with E-state index in [1.807, 2.05) is 71.8 Å². The molecule has 1 amide bonds. The van der Waals surface area contributed by atoms with Crippen LogP contribution in [0.2, 0.25) is 0 Å². The van der Waals surface area contributed by atoms with Crippen molar-refractivity contribution in [3.8, 4) is 0 Å². The normalized spacial score (nSPS) is 11.0. The highest BCUT2D eigenvalue weighted by Gasteiger charge is 2.24. The summed E-state index contributed by atoms with van der Waals surface area (Å²) in [7, 11) is 0. The fraction of sp³-hybridized carbons (Fsp3) is 0.300. The molecule has 0 aliphatic carbocycles. The van der Waals surface area contributed by atoms with E-state index in [2.05, 4.69) is 6.92 Å². The van der Waals surface area contributed by atoms with Gasteiger partial charge in [-0.15, -0.1) is 0 Å². The Bertz CT molecular complexity index is 852. The number of hydrogen-bond acceptors (Lipinski definition) is 2. The predicted octanol–water partition coefficient (Wildman–Crippen LogP) is 4.26. The Labute approximate surface area is 142 Å². The summed E-state index contributed by atoms with van der Waals surface area (Å²) in [5.74, 6) is 0.00486. The lowest BCUT2D eigenvalue weighted by Gasteiger charge is -2.21. The maximum Gasteiger partial charge on any atom is 0.277 e. The molecular weight excluding hydrogens is 298 g/mol. The number of pyridine rings is 1. The topological polar surface area (TPSA) is 37.6 Å². The van der Waals surface area contributed by atoms with Gasteiger partial charge in [0.2, 0.25) is 0 Å². The van der Waals surface area contributed by atoms with Gasteiger partial charge in [0.25, 0.3) is 5.91 Å². The smallest absolute Gasteiger partial charge is 0.277 e. The van der Waals surface area contributed by atoms with Crippen molar-refractivity contribution in [2.75, 3.05) is 11.4 Å². The first-order valence-electron chi connectivity index (χ1n) is 8.50. The van der Waals surface area contributed by atoms with Crippen LogP contribution in [-0.4, -0.2) is 21.8 Å². The van der Waals surface area contributed by atoms with Crippen LogP contribution in [0.5, 0.6) is 0 Å². The van der Waals surface area contributed by atoms with Gasteiger partial charge in [0.1, 0.15) is 11.3 Å². The zero-order valence-electron chi connectivity index (χ0n) is 14.5. The lowest BCUT2D eigenvalue weighted by Crippen LogP contribution is -2.32. The molecule has 0 atom stereocenters. The molecule has 2 aromatic heterocycles. The number of para-hydroxylation sites is 1. The van der Waals surface area contributed by atoms with Crippen LogP contribution in [0.25, 0.3) is 5.65 Å². The summed E-state index contributed by atoms with van der Waals surface area (Å²) in [5, 5.41) is 0. The zero-order chi connectivity index (χ0) is 17.1. The molecule has 24 heavy (non-hydrogen) atoms. The Kier molecular flexibility index (Phi) is 4.65. The molecule has 0 bridgehead atoms. The number of nitrogens with zero attached hydrogens (tertiary/aromatic N) is 3. The van der Waals surface area contributed by atoms with Gasteiger partial charge in [0.05, 0.1) is 5.69 Å². The maximum atomic E-state index is 13.3. The number of aryl methyl sites for hydroxylation is 2. The largest absolute Gasteiger partial charge is 0.307 e. The van der Waals surface area contributed by atoms with Crippen LogP contribution in [0.1, 0.15) is 42.0 Å². The second-order valence-corrected chi connectivity index (χ2v) is 5.98. The van der Waals surface area contributed by atoms with Gasteiger partial charge < -0.3 is 4.90 Å². The van der Waals surface area contributed by atoms with Crippen molar-refractivity contribution in [3.63, 3.8) is 0 Å². The van der Waals surface area contributed by atoms with Crippen molar-refractivity contribution < 1.29 is 4.79 Å². The van der Waals surface area contributed by atoms with Gasteiger partial charge in [-0.2, -0.15) is 0 Å². The molecular formula is C20H23N3O. The van der Waals surface area contributed by atoms with E-state index in [0.717, 1.165) is 35.4 Å². The van der Waals surface area contributed by atoms with Crippen LogP contribution in [0, 0.1) is 6.92 Å². The van der Waals surface area contributed by atoms with E-state index in [4.69, 9.17) is 4.98 Å². The lowest BCUT2D eigenvalue weighted by molar-refractivity contribution is 0.0981. The van der Waals surface area contributed by atoms with Crippen LogP contribution in [-0.2, 0) is 6.42 Å². The van der Waals surface area contributed by atoms with Crippen molar-refractivity contribution >= 4 is 17.2 Å². The molecule has 0 saturated carbocycles. The van der Waals surface area contributed by atoms with Gasteiger partial charge in [0.15, 0.2) is 0 Å². The second kappa shape index (κ2) is 6.87. The second-order valence-electron chi connectivity index (χ2n) is 5.98. The first kappa shape index (κ1) is 16.2. The van der Waals surface area contributed by atoms with Crippen molar-refractivity contribution in [2.24, 2.45) is 0 Å². The van der Waals surface area contributed by atoms with Gasteiger partial charge in [-0.3, -0.25) is 9.20 Å². The van der Waals surface area contributed by atoms with E-state index in [0.29, 0.717) is 12.2 Å². The van der Waals surface area contributed by atoms with Crippen molar-refractivity contribution in [1.29, 1.82) is 0 Å². The van der Waals surface area contributed by atoms with Crippen LogP contribution in [0.15, 0.2) is 48.7 Å². The summed E-state index contributed by atoms with van der Waals surface area (Å²) in [5.41, 5.74) is 4.41. The molecule has 0 aliphatic rings. The number of hydrogen-bond donors (Lipinski definition) is 0. The average molecular weight is 321 g/mol. The van der Waals surface area contributed by atoms with E-state index < -0.39 is 0 Å². The third-order valence-corrected chi connectivity index (χ3v) is 4.16. The Morgan fingerprint density at radius 2 is 1.88 bits per heavy atom. The lowest BCUT2D eigenvalue weighted by atomic mass is 10.2. The maximum absolute atomic E-state index is 13.3. The van der Waals surface area contributed by atoms with E-state index in [-0.39, 0.29) is 5.91 Å². The van der Waals surface area contributed by atoms with Gasteiger partial charge in [0, 0.05) is 18.4 Å². The molecule has 0 fully saturated rings. The van der Waals surface area contributed by atoms with Gasteiger partial charge in [-0.1, -0.05) is 37.6 Å². The number of imidazole rings is 1. The summed E-state index contributed by atoms with van der Waals surface area (Å²) in [6, 6.07) is 13.8. The van der Waals surface area contributed by atoms with Crippen molar-refractivity contribution in [2.45, 2.75) is 33.6 Å². The Hall–Kier alpha value is -2.62. The Balaban J connectivity index is 2.14. The Morgan fingerprint density at radius 1 is 1.12 bits per heavy atom. The Morgan fingerprint density at radius 3 is 2.54 bits per heavy atom.